The normalized spacial score (nSPS) is 9.71. The number of hydrogen-bond donors (Lipinski definition) is 0. The maximum atomic E-state index is 13.6. The van der Waals surface area contributed by atoms with E-state index in [0.29, 0.717) is 5.75 Å². The summed E-state index contributed by atoms with van der Waals surface area (Å²) in [4.78, 5) is 11.4. The molecule has 0 atom stereocenters. The third-order valence-electron chi connectivity index (χ3n) is 2.09. The molecule has 1 amide bonds. The van der Waals surface area contributed by atoms with Crippen LogP contribution in [-0.2, 0) is 0 Å². The molecular formula is C13H10FNO2. The highest BCUT2D eigenvalue weighted by Crippen LogP contribution is 2.17. The Morgan fingerprint density at radius 2 is 1.47 bits per heavy atom. The molecule has 0 heterocycles. The van der Waals surface area contributed by atoms with E-state index in [1.807, 2.05) is 0 Å². The summed E-state index contributed by atoms with van der Waals surface area (Å²) < 4.78 is 18.4. The molecule has 0 aliphatic carbocycles. The zero-order valence-electron chi connectivity index (χ0n) is 8.92. The van der Waals surface area contributed by atoms with Gasteiger partial charge in [-0.1, -0.05) is 40.9 Å². The maximum absolute atomic E-state index is 13.6. The zero-order chi connectivity index (χ0) is 12.1. The van der Waals surface area contributed by atoms with Crippen LogP contribution in [0.25, 0.3) is 0 Å². The fraction of sp³-hybridized carbons (Fsp3) is 0. The number of benzene rings is 2. The standard InChI is InChI=1S/C13H10FNO2/c14-15(11-7-3-1-4-8-11)13(16)17-12-9-5-2-6-10-12/h1-10H. The van der Waals surface area contributed by atoms with Crippen molar-refractivity contribution in [3.8, 4) is 5.75 Å². The highest BCUT2D eigenvalue weighted by Gasteiger charge is 2.16. The summed E-state index contributed by atoms with van der Waals surface area (Å²) >= 11 is 0. The number of halogens is 1. The average Bonchev–Trinajstić information content (AvgIpc) is 2.40. The first kappa shape index (κ1) is 11.1. The van der Waals surface area contributed by atoms with Crippen LogP contribution in [0.4, 0.5) is 15.0 Å². The lowest BCUT2D eigenvalue weighted by Gasteiger charge is -2.11. The predicted octanol–water partition coefficient (Wildman–Crippen LogP) is 3.58. The highest BCUT2D eigenvalue weighted by atomic mass is 19.2. The lowest BCUT2D eigenvalue weighted by molar-refractivity contribution is 0.192. The number of nitrogens with zero attached hydrogens (tertiary/aromatic N) is 1. The van der Waals surface area contributed by atoms with Crippen molar-refractivity contribution in [2.45, 2.75) is 0 Å². The summed E-state index contributed by atoms with van der Waals surface area (Å²) in [6.07, 6.45) is -1.07. The Kier molecular flexibility index (Phi) is 3.35. The van der Waals surface area contributed by atoms with Crippen LogP contribution in [0.3, 0.4) is 0 Å². The molecule has 2 rings (SSSR count). The lowest BCUT2D eigenvalue weighted by atomic mass is 10.3. The van der Waals surface area contributed by atoms with Gasteiger partial charge in [-0.05, 0) is 24.3 Å². The molecule has 0 bridgehead atoms. The van der Waals surface area contributed by atoms with Crippen LogP contribution in [0.2, 0.25) is 0 Å². The molecule has 3 nitrogen and oxygen atoms in total. The molecular weight excluding hydrogens is 221 g/mol. The zero-order valence-corrected chi connectivity index (χ0v) is 8.92. The van der Waals surface area contributed by atoms with Crippen LogP contribution >= 0.6 is 0 Å². The summed E-state index contributed by atoms with van der Waals surface area (Å²) in [7, 11) is 0. The minimum Gasteiger partial charge on any atom is -0.408 e. The van der Waals surface area contributed by atoms with Crippen molar-refractivity contribution in [3.63, 3.8) is 0 Å². The van der Waals surface area contributed by atoms with Gasteiger partial charge in [0.2, 0.25) is 0 Å². The number of anilines is 1. The van der Waals surface area contributed by atoms with Crippen molar-refractivity contribution in [2.75, 3.05) is 5.12 Å². The van der Waals surface area contributed by atoms with E-state index in [-0.39, 0.29) is 10.8 Å². The SMILES string of the molecule is O=C(Oc1ccccc1)N(F)c1ccccc1. The smallest absolute Gasteiger partial charge is 0.408 e. The second kappa shape index (κ2) is 5.12. The minimum absolute atomic E-state index is 0.0347. The Morgan fingerprint density at radius 3 is 2.06 bits per heavy atom. The van der Waals surface area contributed by atoms with Crippen LogP contribution < -0.4 is 9.86 Å². The van der Waals surface area contributed by atoms with E-state index in [2.05, 4.69) is 0 Å². The molecule has 86 valence electrons. The Bertz CT molecular complexity index is 487. The molecule has 0 unspecified atom stereocenters. The fourth-order valence-corrected chi connectivity index (χ4v) is 1.29. The molecule has 4 heteroatoms. The summed E-state index contributed by atoms with van der Waals surface area (Å²) in [5.41, 5.74) is 0.133. The van der Waals surface area contributed by atoms with Gasteiger partial charge in [0.1, 0.15) is 5.75 Å². The molecule has 2 aromatic carbocycles. The van der Waals surface area contributed by atoms with Gasteiger partial charge < -0.3 is 4.74 Å². The van der Waals surface area contributed by atoms with Crippen LogP contribution in [0.5, 0.6) is 5.75 Å². The first-order chi connectivity index (χ1) is 8.27. The summed E-state index contributed by atoms with van der Waals surface area (Å²) in [6.45, 7) is 0. The maximum Gasteiger partial charge on any atom is 0.448 e. The molecule has 0 aliphatic heterocycles. The first-order valence-corrected chi connectivity index (χ1v) is 5.05. The van der Waals surface area contributed by atoms with Gasteiger partial charge in [0, 0.05) is 0 Å². The van der Waals surface area contributed by atoms with Crippen LogP contribution in [0.1, 0.15) is 0 Å². The van der Waals surface area contributed by atoms with Crippen molar-refractivity contribution in [1.82, 2.24) is 0 Å². The van der Waals surface area contributed by atoms with E-state index >= 15 is 0 Å². The molecule has 0 saturated carbocycles. The molecule has 2 aromatic rings. The summed E-state index contributed by atoms with van der Waals surface area (Å²) in [6, 6.07) is 16.3. The minimum atomic E-state index is -1.07. The topological polar surface area (TPSA) is 29.5 Å². The van der Waals surface area contributed by atoms with Gasteiger partial charge in [-0.2, -0.15) is 0 Å². The van der Waals surface area contributed by atoms with E-state index in [1.165, 1.54) is 12.1 Å². The average molecular weight is 231 g/mol. The molecule has 0 radical (unpaired) electrons. The van der Waals surface area contributed by atoms with Crippen molar-refractivity contribution < 1.29 is 14.0 Å². The number of hydrogen-bond acceptors (Lipinski definition) is 2. The van der Waals surface area contributed by atoms with Crippen molar-refractivity contribution >= 4 is 11.8 Å². The quantitative estimate of drug-likeness (QED) is 0.739. The van der Waals surface area contributed by atoms with Crippen LogP contribution in [0, 0.1) is 0 Å². The molecule has 17 heavy (non-hydrogen) atoms. The molecule has 0 aliphatic rings. The molecule has 0 saturated heterocycles. The molecule has 0 aromatic heterocycles. The highest BCUT2D eigenvalue weighted by molar-refractivity contribution is 5.86. The lowest BCUT2D eigenvalue weighted by Crippen LogP contribution is -2.25. The molecule has 0 spiro atoms. The monoisotopic (exact) mass is 231 g/mol. The third kappa shape index (κ3) is 2.81. The van der Waals surface area contributed by atoms with Gasteiger partial charge in [0.05, 0.1) is 5.69 Å². The van der Waals surface area contributed by atoms with Crippen molar-refractivity contribution in [1.29, 1.82) is 0 Å². The Labute approximate surface area is 98.0 Å². The predicted molar refractivity (Wildman–Crippen MR) is 62.5 cm³/mol. The fourth-order valence-electron chi connectivity index (χ4n) is 1.29. The second-order valence-corrected chi connectivity index (χ2v) is 3.30. The van der Waals surface area contributed by atoms with Gasteiger partial charge in [-0.15, -0.1) is 5.12 Å². The van der Waals surface area contributed by atoms with Gasteiger partial charge >= 0.3 is 6.09 Å². The number of para-hydroxylation sites is 2. The van der Waals surface area contributed by atoms with Crippen LogP contribution in [-0.4, -0.2) is 6.09 Å². The second-order valence-electron chi connectivity index (χ2n) is 3.30. The first-order valence-electron chi connectivity index (χ1n) is 5.05. The largest absolute Gasteiger partial charge is 0.448 e. The van der Waals surface area contributed by atoms with Crippen molar-refractivity contribution in [3.05, 3.63) is 60.7 Å². The summed E-state index contributed by atoms with van der Waals surface area (Å²) in [5, 5.41) is -0.0347. The van der Waals surface area contributed by atoms with Gasteiger partial charge in [-0.3, -0.25) is 0 Å². The van der Waals surface area contributed by atoms with Crippen molar-refractivity contribution in [2.24, 2.45) is 0 Å². The van der Waals surface area contributed by atoms with E-state index in [1.54, 1.807) is 48.5 Å². The van der Waals surface area contributed by atoms with E-state index < -0.39 is 6.09 Å². The summed E-state index contributed by atoms with van der Waals surface area (Å²) in [5.74, 6) is 0.302. The Hall–Kier alpha value is -2.36. The van der Waals surface area contributed by atoms with E-state index in [9.17, 15) is 9.28 Å². The number of carbonyl (C=O) groups is 1. The Balaban J connectivity index is 2.06. The third-order valence-corrected chi connectivity index (χ3v) is 2.09. The molecule has 0 N–H and O–H groups in total. The van der Waals surface area contributed by atoms with Gasteiger partial charge in [0.15, 0.2) is 0 Å². The molecule has 0 fully saturated rings. The van der Waals surface area contributed by atoms with Crippen LogP contribution in [0.15, 0.2) is 60.7 Å². The Morgan fingerprint density at radius 1 is 0.941 bits per heavy atom. The van der Waals surface area contributed by atoms with E-state index in [0.717, 1.165) is 0 Å². The number of ether oxygens (including phenoxy) is 1. The van der Waals surface area contributed by atoms with E-state index in [4.69, 9.17) is 4.74 Å². The van der Waals surface area contributed by atoms with Gasteiger partial charge in [-0.25, -0.2) is 4.79 Å². The number of carbonyl (C=O) groups excluding carboxylic acids is 1. The van der Waals surface area contributed by atoms with Gasteiger partial charge in [0.25, 0.3) is 0 Å². The number of amides is 1. The number of rotatable bonds is 2.